The van der Waals surface area contributed by atoms with Gasteiger partial charge in [0.15, 0.2) is 11.4 Å². The Balaban J connectivity index is 1.53. The summed E-state index contributed by atoms with van der Waals surface area (Å²) in [7, 11) is 1.95. The maximum atomic E-state index is 13.1. The molecule has 0 aliphatic heterocycles. The van der Waals surface area contributed by atoms with E-state index in [0.29, 0.717) is 10.7 Å². The number of ketones is 1. The van der Waals surface area contributed by atoms with Crippen LogP contribution in [0.15, 0.2) is 67.3 Å². The number of pyridine rings is 2. The molecule has 0 unspecified atom stereocenters. The highest BCUT2D eigenvalue weighted by Crippen LogP contribution is 2.44. The van der Waals surface area contributed by atoms with Crippen molar-refractivity contribution < 1.29 is 9.53 Å². The van der Waals surface area contributed by atoms with Gasteiger partial charge in [-0.3, -0.25) is 9.78 Å². The molecule has 0 aliphatic rings. The smallest absolute Gasteiger partial charge is 0.177 e. The van der Waals surface area contributed by atoms with Crippen molar-refractivity contribution >= 4 is 50.1 Å². The van der Waals surface area contributed by atoms with Gasteiger partial charge in [-0.1, -0.05) is 23.7 Å². The number of fused-ring (bicyclic) bond motifs is 2. The lowest BCUT2D eigenvalue weighted by molar-refractivity contribution is -0.138. The Morgan fingerprint density at radius 2 is 1.76 bits per heavy atom. The van der Waals surface area contributed by atoms with Gasteiger partial charge in [0.2, 0.25) is 0 Å². The van der Waals surface area contributed by atoms with Gasteiger partial charge in [0, 0.05) is 46.7 Å². The van der Waals surface area contributed by atoms with Crippen LogP contribution in [0.25, 0.3) is 54.3 Å². The Bertz CT molecular complexity index is 1970. The summed E-state index contributed by atoms with van der Waals surface area (Å²) < 4.78 is 9.30. The van der Waals surface area contributed by atoms with Crippen molar-refractivity contribution in [3.05, 3.63) is 83.4 Å². The fourth-order valence-electron chi connectivity index (χ4n) is 5.14. The molecule has 4 aromatic heterocycles. The van der Waals surface area contributed by atoms with E-state index in [9.17, 15) is 4.79 Å². The van der Waals surface area contributed by atoms with Crippen molar-refractivity contribution in [2.45, 2.75) is 46.3 Å². The Kier molecular flexibility index (Phi) is 7.17. The average molecular weight is 596 g/mol. The summed E-state index contributed by atoms with van der Waals surface area (Å²) in [4.78, 5) is 31.6. The molecule has 0 aliphatic carbocycles. The predicted molar refractivity (Wildman–Crippen MR) is 170 cm³/mol. The van der Waals surface area contributed by atoms with Crippen LogP contribution in [0.1, 0.15) is 44.9 Å². The van der Waals surface area contributed by atoms with Crippen LogP contribution in [0, 0.1) is 6.92 Å². The van der Waals surface area contributed by atoms with Crippen molar-refractivity contribution in [1.29, 1.82) is 0 Å². The summed E-state index contributed by atoms with van der Waals surface area (Å²) in [6.07, 6.45) is 4.62. The summed E-state index contributed by atoms with van der Waals surface area (Å²) in [6, 6.07) is 15.8. The van der Waals surface area contributed by atoms with Crippen LogP contribution in [0.3, 0.4) is 0 Å². The SMILES string of the molecule is CC(=O)[C@@H](OC(C)(C)C)c1c(C)cc2nc(-c3ccnc(-c4cnc5ncn(C)c5c4)c3)sc2c1-c1ccc(Cl)cc1. The first-order valence-corrected chi connectivity index (χ1v) is 14.8. The van der Waals surface area contributed by atoms with Gasteiger partial charge in [-0.05, 0) is 82.1 Å². The van der Waals surface area contributed by atoms with Gasteiger partial charge in [-0.2, -0.15) is 0 Å². The molecule has 0 bridgehead atoms. The predicted octanol–water partition coefficient (Wildman–Crippen LogP) is 8.38. The van der Waals surface area contributed by atoms with E-state index in [1.165, 1.54) is 0 Å². The van der Waals surface area contributed by atoms with Gasteiger partial charge in [-0.15, -0.1) is 11.3 Å². The number of aromatic nitrogens is 5. The summed E-state index contributed by atoms with van der Waals surface area (Å²) in [6.45, 7) is 9.49. The molecule has 0 saturated heterocycles. The van der Waals surface area contributed by atoms with E-state index in [1.807, 2.05) is 87.8 Å². The quantitative estimate of drug-likeness (QED) is 0.192. The molecule has 6 aromatic rings. The fourth-order valence-corrected chi connectivity index (χ4v) is 6.39. The number of carbonyl (C=O) groups excluding carboxylic acids is 1. The van der Waals surface area contributed by atoms with E-state index in [-0.39, 0.29) is 5.78 Å². The molecular weight excluding hydrogens is 566 g/mol. The van der Waals surface area contributed by atoms with Gasteiger partial charge in [0.25, 0.3) is 0 Å². The first-order chi connectivity index (χ1) is 20.0. The zero-order chi connectivity index (χ0) is 29.8. The van der Waals surface area contributed by atoms with E-state index < -0.39 is 11.7 Å². The first kappa shape index (κ1) is 28.2. The monoisotopic (exact) mass is 595 g/mol. The highest BCUT2D eigenvalue weighted by atomic mass is 35.5. The van der Waals surface area contributed by atoms with Gasteiger partial charge in [0.1, 0.15) is 11.1 Å². The molecule has 0 fully saturated rings. The molecule has 2 aromatic carbocycles. The summed E-state index contributed by atoms with van der Waals surface area (Å²) >= 11 is 7.86. The van der Waals surface area contributed by atoms with Crippen molar-refractivity contribution in [1.82, 2.24) is 24.5 Å². The summed E-state index contributed by atoms with van der Waals surface area (Å²) in [5.41, 5.74) is 8.31. The number of hydrogen-bond acceptors (Lipinski definition) is 7. The summed E-state index contributed by atoms with van der Waals surface area (Å²) in [5.74, 6) is -0.0508. The van der Waals surface area contributed by atoms with Crippen LogP contribution in [0.5, 0.6) is 0 Å². The molecule has 7 nitrogen and oxygen atoms in total. The van der Waals surface area contributed by atoms with Crippen LogP contribution >= 0.6 is 22.9 Å². The van der Waals surface area contributed by atoms with E-state index in [4.69, 9.17) is 21.3 Å². The third-order valence-corrected chi connectivity index (χ3v) is 8.44. The standard InChI is InChI=1S/C33H30ClN5O2S/c1-18-13-25-30(28(20-7-9-23(34)10-8-20)27(18)29(19(2)40)41-33(3,4)5)42-32(38-25)21-11-12-35-24(14-21)22-15-26-31(36-16-22)37-17-39(26)6/h7-17,29H,1-6H3/t29-/m1/s1. The maximum Gasteiger partial charge on any atom is 0.177 e. The highest BCUT2D eigenvalue weighted by Gasteiger charge is 2.30. The van der Waals surface area contributed by atoms with Crippen molar-refractivity contribution in [3.8, 4) is 33.0 Å². The van der Waals surface area contributed by atoms with E-state index in [1.54, 1.807) is 37.0 Å². The second kappa shape index (κ2) is 10.7. The van der Waals surface area contributed by atoms with Gasteiger partial charge in [0.05, 0.1) is 33.4 Å². The molecule has 1 atom stereocenters. The molecule has 0 radical (unpaired) electrons. The number of rotatable bonds is 6. The molecule has 4 heterocycles. The van der Waals surface area contributed by atoms with E-state index in [2.05, 4.69) is 15.0 Å². The topological polar surface area (TPSA) is 82.8 Å². The van der Waals surface area contributed by atoms with Crippen molar-refractivity contribution in [2.24, 2.45) is 7.05 Å². The number of carbonyl (C=O) groups is 1. The lowest BCUT2D eigenvalue weighted by Crippen LogP contribution is -2.27. The lowest BCUT2D eigenvalue weighted by Gasteiger charge is -2.29. The molecule has 6 rings (SSSR count). The van der Waals surface area contributed by atoms with Crippen LogP contribution < -0.4 is 0 Å². The Hall–Kier alpha value is -3.98. The number of Topliss-reactive ketones (excluding diaryl/α,β-unsaturated/α-hetero) is 1. The third kappa shape index (κ3) is 5.33. The van der Waals surface area contributed by atoms with Crippen molar-refractivity contribution in [3.63, 3.8) is 0 Å². The van der Waals surface area contributed by atoms with Crippen LogP contribution in [-0.4, -0.2) is 35.9 Å². The third-order valence-electron chi connectivity index (χ3n) is 7.05. The van der Waals surface area contributed by atoms with Gasteiger partial charge < -0.3 is 9.30 Å². The zero-order valence-corrected chi connectivity index (χ0v) is 25.8. The second-order valence-electron chi connectivity index (χ2n) is 11.4. The normalized spacial score (nSPS) is 12.7. The number of imidazole rings is 1. The average Bonchev–Trinajstić information content (AvgIpc) is 3.54. The van der Waals surface area contributed by atoms with Gasteiger partial charge in [-0.25, -0.2) is 15.0 Å². The molecule has 0 saturated carbocycles. The molecule has 0 spiro atoms. The number of benzene rings is 2. The number of aryl methyl sites for hydroxylation is 2. The number of nitrogens with zero attached hydrogens (tertiary/aromatic N) is 5. The van der Waals surface area contributed by atoms with E-state index in [0.717, 1.165) is 59.8 Å². The molecule has 42 heavy (non-hydrogen) atoms. The summed E-state index contributed by atoms with van der Waals surface area (Å²) in [5, 5.41) is 1.50. The van der Waals surface area contributed by atoms with Crippen LogP contribution in [0.2, 0.25) is 5.02 Å². The largest absolute Gasteiger partial charge is 0.360 e. The fraction of sp³-hybridized carbons (Fsp3) is 0.242. The molecule has 9 heteroatoms. The van der Waals surface area contributed by atoms with Crippen molar-refractivity contribution in [2.75, 3.05) is 0 Å². The Labute approximate surface area is 253 Å². The second-order valence-corrected chi connectivity index (χ2v) is 12.9. The van der Waals surface area contributed by atoms with E-state index >= 15 is 0 Å². The Morgan fingerprint density at radius 3 is 2.48 bits per heavy atom. The lowest BCUT2D eigenvalue weighted by atomic mass is 9.90. The number of halogens is 1. The van der Waals surface area contributed by atoms with Crippen LogP contribution in [-0.2, 0) is 16.6 Å². The maximum absolute atomic E-state index is 13.1. The number of hydrogen-bond donors (Lipinski definition) is 0. The first-order valence-electron chi connectivity index (χ1n) is 13.6. The highest BCUT2D eigenvalue weighted by molar-refractivity contribution is 7.22. The molecule has 0 amide bonds. The Morgan fingerprint density at radius 1 is 1.00 bits per heavy atom. The zero-order valence-electron chi connectivity index (χ0n) is 24.3. The minimum Gasteiger partial charge on any atom is -0.360 e. The van der Waals surface area contributed by atoms with Crippen LogP contribution in [0.4, 0.5) is 0 Å². The molecule has 0 N–H and O–H groups in total. The minimum absolute atomic E-state index is 0.0508. The minimum atomic E-state index is -0.729. The van der Waals surface area contributed by atoms with Gasteiger partial charge >= 0.3 is 0 Å². The molecule has 212 valence electrons. The number of thiazole rings is 1. The molecular formula is C33H30ClN5O2S. The number of ether oxygens (including phenoxy) is 1.